The average Bonchev–Trinajstić information content (AvgIpc) is 2.86. The molecule has 0 radical (unpaired) electrons. The van der Waals surface area contributed by atoms with Crippen LogP contribution in [0.4, 0.5) is 0 Å². The molecular weight excluding hydrogens is 362 g/mol. The number of amides is 1. The lowest BCUT2D eigenvalue weighted by Crippen LogP contribution is -2.42. The topological polar surface area (TPSA) is 75.6 Å². The van der Waals surface area contributed by atoms with E-state index in [4.69, 9.17) is 21.4 Å². The lowest BCUT2D eigenvalue weighted by Gasteiger charge is -2.17. The van der Waals surface area contributed by atoms with Crippen LogP contribution < -0.4 is 10.1 Å². The van der Waals surface area contributed by atoms with Gasteiger partial charge in [0.2, 0.25) is 0 Å². The molecule has 21 heavy (non-hydrogen) atoms. The number of carbonyl (C=O) groups excluding carboxylic acids is 1. The van der Waals surface area contributed by atoms with Gasteiger partial charge in [-0.25, -0.2) is 0 Å². The van der Waals surface area contributed by atoms with Gasteiger partial charge in [-0.05, 0) is 31.0 Å². The van der Waals surface area contributed by atoms with Gasteiger partial charge >= 0.3 is 5.97 Å². The Hall–Kier alpha value is -1.27. The predicted molar refractivity (Wildman–Crippen MR) is 81.6 cm³/mol. The largest absolute Gasteiger partial charge is 0.482 e. The van der Waals surface area contributed by atoms with Gasteiger partial charge in [0.1, 0.15) is 5.75 Å². The SMILES string of the molecule is O=C(COc1ccc(Br)cc1Cl)N[C@H]1CCC[C@H]1C(=O)O. The number of carboxylic acids is 1. The molecule has 1 fully saturated rings. The van der Waals surface area contributed by atoms with Crippen molar-refractivity contribution in [2.24, 2.45) is 5.92 Å². The third-order valence-corrected chi connectivity index (χ3v) is 4.22. The van der Waals surface area contributed by atoms with Crippen molar-refractivity contribution in [2.45, 2.75) is 25.3 Å². The summed E-state index contributed by atoms with van der Waals surface area (Å²) < 4.78 is 6.17. The van der Waals surface area contributed by atoms with Gasteiger partial charge in [-0.15, -0.1) is 0 Å². The Kier molecular flexibility index (Phi) is 5.47. The summed E-state index contributed by atoms with van der Waals surface area (Å²) in [5.74, 6) is -1.30. The molecule has 1 aliphatic carbocycles. The van der Waals surface area contributed by atoms with Crippen molar-refractivity contribution in [3.8, 4) is 5.75 Å². The van der Waals surface area contributed by atoms with Crippen LogP contribution in [0.3, 0.4) is 0 Å². The van der Waals surface area contributed by atoms with Crippen LogP contribution in [0.2, 0.25) is 5.02 Å². The molecule has 0 spiro atoms. The van der Waals surface area contributed by atoms with Gasteiger partial charge in [-0.2, -0.15) is 0 Å². The van der Waals surface area contributed by atoms with Crippen LogP contribution >= 0.6 is 27.5 Å². The van der Waals surface area contributed by atoms with Gasteiger partial charge in [0.25, 0.3) is 5.91 Å². The molecule has 1 aromatic carbocycles. The highest BCUT2D eigenvalue weighted by Gasteiger charge is 2.33. The van der Waals surface area contributed by atoms with Gasteiger partial charge in [-0.1, -0.05) is 34.0 Å². The second-order valence-electron chi connectivity index (χ2n) is 4.91. The molecule has 0 unspecified atom stereocenters. The predicted octanol–water partition coefficient (Wildman–Crippen LogP) is 2.85. The Morgan fingerprint density at radius 1 is 1.43 bits per heavy atom. The van der Waals surface area contributed by atoms with Crippen LogP contribution in [0.15, 0.2) is 22.7 Å². The number of carboxylic acid groups (broad SMARTS) is 1. The zero-order valence-corrected chi connectivity index (χ0v) is 13.5. The van der Waals surface area contributed by atoms with E-state index in [1.807, 2.05) is 0 Å². The van der Waals surface area contributed by atoms with Crippen LogP contribution in [-0.4, -0.2) is 29.6 Å². The smallest absolute Gasteiger partial charge is 0.308 e. The van der Waals surface area contributed by atoms with Gasteiger partial charge in [0.15, 0.2) is 6.61 Å². The number of rotatable bonds is 5. The number of hydrogen-bond donors (Lipinski definition) is 2. The fraction of sp³-hybridized carbons (Fsp3) is 0.429. The van der Waals surface area contributed by atoms with Crippen molar-refractivity contribution in [3.05, 3.63) is 27.7 Å². The zero-order valence-electron chi connectivity index (χ0n) is 11.1. The normalized spacial score (nSPS) is 21.0. The highest BCUT2D eigenvalue weighted by molar-refractivity contribution is 9.10. The first kappa shape index (κ1) is 16.1. The number of aliphatic carboxylic acids is 1. The van der Waals surface area contributed by atoms with Crippen molar-refractivity contribution >= 4 is 39.4 Å². The first-order valence-electron chi connectivity index (χ1n) is 6.57. The van der Waals surface area contributed by atoms with Gasteiger partial charge in [0.05, 0.1) is 10.9 Å². The second kappa shape index (κ2) is 7.13. The Bertz CT molecular complexity index is 552. The summed E-state index contributed by atoms with van der Waals surface area (Å²) in [5, 5.41) is 12.2. The third-order valence-electron chi connectivity index (χ3n) is 3.43. The van der Waals surface area contributed by atoms with Crippen molar-refractivity contribution in [1.29, 1.82) is 0 Å². The van der Waals surface area contributed by atoms with Crippen LogP contribution in [-0.2, 0) is 9.59 Å². The Labute approximate surface area is 135 Å². The first-order valence-corrected chi connectivity index (χ1v) is 7.74. The summed E-state index contributed by atoms with van der Waals surface area (Å²) in [6, 6.07) is 4.77. The first-order chi connectivity index (χ1) is 9.97. The monoisotopic (exact) mass is 375 g/mol. The fourth-order valence-electron chi connectivity index (χ4n) is 2.41. The van der Waals surface area contributed by atoms with E-state index in [0.717, 1.165) is 10.9 Å². The van der Waals surface area contributed by atoms with Gasteiger partial charge < -0.3 is 15.2 Å². The van der Waals surface area contributed by atoms with Gasteiger partial charge in [0, 0.05) is 10.5 Å². The van der Waals surface area contributed by atoms with Crippen molar-refractivity contribution in [3.63, 3.8) is 0 Å². The molecule has 2 atom stereocenters. The molecule has 1 aromatic rings. The van der Waals surface area contributed by atoms with E-state index in [9.17, 15) is 9.59 Å². The van der Waals surface area contributed by atoms with Crippen LogP contribution in [0.25, 0.3) is 0 Å². The molecule has 2 rings (SSSR count). The molecule has 1 saturated carbocycles. The zero-order chi connectivity index (χ0) is 15.4. The van der Waals surface area contributed by atoms with Crippen LogP contribution in [0.1, 0.15) is 19.3 Å². The minimum atomic E-state index is -0.866. The third kappa shape index (κ3) is 4.35. The molecule has 5 nitrogen and oxygen atoms in total. The molecule has 0 aromatic heterocycles. The minimum absolute atomic E-state index is 0.190. The van der Waals surface area contributed by atoms with E-state index in [1.165, 1.54) is 0 Å². The summed E-state index contributed by atoms with van der Waals surface area (Å²) in [5.41, 5.74) is 0. The molecule has 0 saturated heterocycles. The summed E-state index contributed by atoms with van der Waals surface area (Å²) in [7, 11) is 0. The van der Waals surface area contributed by atoms with Crippen molar-refractivity contribution < 1.29 is 19.4 Å². The molecule has 0 aliphatic heterocycles. The van der Waals surface area contributed by atoms with E-state index in [0.29, 0.717) is 23.6 Å². The maximum absolute atomic E-state index is 11.8. The Balaban J connectivity index is 1.86. The molecule has 1 aliphatic rings. The van der Waals surface area contributed by atoms with E-state index < -0.39 is 11.9 Å². The molecular formula is C14H15BrClNO4. The lowest BCUT2D eigenvalue weighted by atomic mass is 10.0. The molecule has 0 bridgehead atoms. The van der Waals surface area contributed by atoms with Crippen LogP contribution in [0.5, 0.6) is 5.75 Å². The molecule has 7 heteroatoms. The van der Waals surface area contributed by atoms with E-state index in [-0.39, 0.29) is 18.6 Å². The number of nitrogens with one attached hydrogen (secondary N) is 1. The summed E-state index contributed by atoms with van der Waals surface area (Å²) >= 11 is 9.26. The highest BCUT2D eigenvalue weighted by Crippen LogP contribution is 2.28. The highest BCUT2D eigenvalue weighted by atomic mass is 79.9. The fourth-order valence-corrected chi connectivity index (χ4v) is 3.14. The number of ether oxygens (including phenoxy) is 1. The van der Waals surface area contributed by atoms with Crippen LogP contribution in [0, 0.1) is 5.92 Å². The van der Waals surface area contributed by atoms with Crippen molar-refractivity contribution in [2.75, 3.05) is 6.61 Å². The second-order valence-corrected chi connectivity index (χ2v) is 6.24. The van der Waals surface area contributed by atoms with E-state index >= 15 is 0 Å². The molecule has 2 N–H and O–H groups in total. The maximum atomic E-state index is 11.8. The Morgan fingerprint density at radius 3 is 2.86 bits per heavy atom. The summed E-state index contributed by atoms with van der Waals surface area (Å²) in [6.45, 7) is -0.190. The number of benzene rings is 1. The molecule has 0 heterocycles. The quantitative estimate of drug-likeness (QED) is 0.828. The maximum Gasteiger partial charge on any atom is 0.308 e. The summed E-state index contributed by atoms with van der Waals surface area (Å²) in [6.07, 6.45) is 2.09. The number of halogens is 2. The lowest BCUT2D eigenvalue weighted by molar-refractivity contribution is -0.142. The number of carbonyl (C=O) groups is 2. The summed E-state index contributed by atoms with van der Waals surface area (Å²) in [4.78, 5) is 22.9. The molecule has 114 valence electrons. The molecule has 1 amide bonds. The average molecular weight is 377 g/mol. The Morgan fingerprint density at radius 2 is 2.19 bits per heavy atom. The van der Waals surface area contributed by atoms with Crippen molar-refractivity contribution in [1.82, 2.24) is 5.32 Å². The van der Waals surface area contributed by atoms with E-state index in [1.54, 1.807) is 18.2 Å². The standard InChI is InChI=1S/C14H15BrClNO4/c15-8-4-5-12(10(16)6-8)21-7-13(18)17-11-3-1-2-9(11)14(19)20/h4-6,9,11H,1-3,7H2,(H,17,18)(H,19,20)/t9-,11+/m1/s1. The van der Waals surface area contributed by atoms with E-state index in [2.05, 4.69) is 21.2 Å². The van der Waals surface area contributed by atoms with Gasteiger partial charge in [-0.3, -0.25) is 9.59 Å². The minimum Gasteiger partial charge on any atom is -0.482 e. The number of hydrogen-bond acceptors (Lipinski definition) is 3.